The van der Waals surface area contributed by atoms with Gasteiger partial charge >= 0.3 is 5.97 Å². The Labute approximate surface area is 132 Å². The number of carbonyl (C=O) groups excluding carboxylic acids is 2. The third-order valence-electron chi connectivity index (χ3n) is 4.60. The van der Waals surface area contributed by atoms with E-state index >= 15 is 0 Å². The third kappa shape index (κ3) is 2.49. The van der Waals surface area contributed by atoms with Crippen molar-refractivity contribution in [1.29, 1.82) is 0 Å². The molecule has 7 heteroatoms. The topological polar surface area (TPSA) is 86.7 Å². The summed E-state index contributed by atoms with van der Waals surface area (Å²) in [5, 5.41) is 14.0. The van der Waals surface area contributed by atoms with Gasteiger partial charge in [0.05, 0.1) is 5.41 Å². The number of carbonyl (C=O) groups is 3. The Kier molecular flexibility index (Phi) is 3.90. The van der Waals surface area contributed by atoms with Gasteiger partial charge in [0, 0.05) is 24.4 Å². The van der Waals surface area contributed by atoms with Gasteiger partial charge in [-0.1, -0.05) is 12.5 Å². The Balaban J connectivity index is 1.80. The van der Waals surface area contributed by atoms with Crippen LogP contribution in [0.15, 0.2) is 17.5 Å². The predicted octanol–water partition coefficient (Wildman–Crippen LogP) is 1.39. The van der Waals surface area contributed by atoms with E-state index in [0.29, 0.717) is 25.9 Å². The number of carboxylic acid groups (broad SMARTS) is 1. The number of thiophene rings is 1. The van der Waals surface area contributed by atoms with Gasteiger partial charge in [-0.25, -0.2) is 0 Å². The van der Waals surface area contributed by atoms with E-state index in [0.717, 1.165) is 11.3 Å². The maximum atomic E-state index is 12.6. The number of carboxylic acids is 1. The van der Waals surface area contributed by atoms with Crippen LogP contribution < -0.4 is 5.32 Å². The van der Waals surface area contributed by atoms with E-state index in [2.05, 4.69) is 5.32 Å². The maximum Gasteiger partial charge on any atom is 0.310 e. The number of nitrogens with one attached hydrogen (secondary N) is 1. The second-order valence-electron chi connectivity index (χ2n) is 5.91. The van der Waals surface area contributed by atoms with E-state index in [1.165, 1.54) is 16.2 Å². The fourth-order valence-corrected chi connectivity index (χ4v) is 3.96. The lowest BCUT2D eigenvalue weighted by molar-refractivity contribution is -0.161. The first-order chi connectivity index (χ1) is 10.5. The van der Waals surface area contributed by atoms with Gasteiger partial charge in [0.2, 0.25) is 11.8 Å². The molecule has 1 aromatic rings. The van der Waals surface area contributed by atoms with E-state index in [4.69, 9.17) is 0 Å². The fourth-order valence-electron chi connectivity index (χ4n) is 3.13. The molecule has 2 heterocycles. The Bertz CT molecular complexity index is 595. The van der Waals surface area contributed by atoms with Gasteiger partial charge in [-0.05, 0) is 24.3 Å². The lowest BCUT2D eigenvalue weighted by atomic mass is 9.66. The third-order valence-corrected chi connectivity index (χ3v) is 5.52. The molecular formula is C15H18N2O4S. The summed E-state index contributed by atoms with van der Waals surface area (Å²) < 4.78 is 0. The van der Waals surface area contributed by atoms with Crippen molar-refractivity contribution in [3.8, 4) is 0 Å². The van der Waals surface area contributed by atoms with Gasteiger partial charge in [0.15, 0.2) is 0 Å². The Morgan fingerprint density at radius 2 is 2.23 bits per heavy atom. The average Bonchev–Trinajstić information content (AvgIpc) is 2.95. The first-order valence-electron chi connectivity index (χ1n) is 7.37. The minimum Gasteiger partial charge on any atom is -0.481 e. The number of aliphatic carboxylic acids is 1. The molecule has 1 aliphatic carbocycles. The molecule has 2 amide bonds. The highest BCUT2D eigenvalue weighted by molar-refractivity contribution is 7.10. The zero-order chi connectivity index (χ0) is 15.7. The molecule has 2 aliphatic rings. The van der Waals surface area contributed by atoms with E-state index in [-0.39, 0.29) is 18.2 Å². The minimum atomic E-state index is -0.926. The van der Waals surface area contributed by atoms with Crippen LogP contribution in [0.4, 0.5) is 0 Å². The van der Waals surface area contributed by atoms with Crippen LogP contribution in [-0.2, 0) is 14.4 Å². The zero-order valence-corrected chi connectivity index (χ0v) is 12.9. The highest BCUT2D eigenvalue weighted by Crippen LogP contribution is 2.45. The van der Waals surface area contributed by atoms with Crippen LogP contribution in [0.1, 0.15) is 36.6 Å². The Morgan fingerprint density at radius 1 is 1.45 bits per heavy atom. The highest BCUT2D eigenvalue weighted by Gasteiger charge is 2.48. The van der Waals surface area contributed by atoms with Crippen LogP contribution >= 0.6 is 11.3 Å². The molecule has 2 N–H and O–H groups in total. The van der Waals surface area contributed by atoms with Crippen molar-refractivity contribution in [1.82, 2.24) is 10.2 Å². The summed E-state index contributed by atoms with van der Waals surface area (Å²) in [4.78, 5) is 38.6. The molecule has 1 saturated heterocycles. The van der Waals surface area contributed by atoms with Crippen molar-refractivity contribution < 1.29 is 19.5 Å². The van der Waals surface area contributed by atoms with Crippen molar-refractivity contribution in [2.45, 2.75) is 31.7 Å². The summed E-state index contributed by atoms with van der Waals surface area (Å²) in [5.41, 5.74) is -0.926. The van der Waals surface area contributed by atoms with Crippen molar-refractivity contribution in [3.63, 3.8) is 0 Å². The van der Waals surface area contributed by atoms with Crippen molar-refractivity contribution in [2.24, 2.45) is 5.41 Å². The van der Waals surface area contributed by atoms with Gasteiger partial charge < -0.3 is 15.3 Å². The summed E-state index contributed by atoms with van der Waals surface area (Å²) in [6, 6.07) is 3.04. The fraction of sp³-hybridized carbons (Fsp3) is 0.533. The van der Waals surface area contributed by atoms with Crippen LogP contribution in [0.25, 0.3) is 0 Å². The predicted molar refractivity (Wildman–Crippen MR) is 80.3 cm³/mol. The summed E-state index contributed by atoms with van der Waals surface area (Å²) in [6.45, 7) is 0.829. The summed E-state index contributed by atoms with van der Waals surface area (Å²) in [6.07, 6.45) is 1.90. The molecule has 1 saturated carbocycles. The lowest BCUT2D eigenvalue weighted by Gasteiger charge is -2.41. The first kappa shape index (κ1) is 15.0. The zero-order valence-electron chi connectivity index (χ0n) is 12.1. The van der Waals surface area contributed by atoms with Crippen molar-refractivity contribution >= 4 is 29.1 Å². The SMILES string of the molecule is O=C1NCCN(C(=O)CC2(C(=O)O)CCC2)C1c1cccs1. The van der Waals surface area contributed by atoms with Crippen LogP contribution in [0, 0.1) is 5.41 Å². The largest absolute Gasteiger partial charge is 0.481 e. The molecular weight excluding hydrogens is 304 g/mol. The number of hydrogen-bond acceptors (Lipinski definition) is 4. The van der Waals surface area contributed by atoms with Crippen LogP contribution in [0.5, 0.6) is 0 Å². The molecule has 1 unspecified atom stereocenters. The second-order valence-corrected chi connectivity index (χ2v) is 6.89. The van der Waals surface area contributed by atoms with Crippen LogP contribution in [0.3, 0.4) is 0 Å². The average molecular weight is 322 g/mol. The van der Waals surface area contributed by atoms with Crippen molar-refractivity contribution in [2.75, 3.05) is 13.1 Å². The molecule has 118 valence electrons. The molecule has 1 atom stereocenters. The number of rotatable bonds is 4. The molecule has 6 nitrogen and oxygen atoms in total. The van der Waals surface area contributed by atoms with E-state index in [9.17, 15) is 19.5 Å². The molecule has 0 bridgehead atoms. The number of amides is 2. The first-order valence-corrected chi connectivity index (χ1v) is 8.25. The monoisotopic (exact) mass is 322 g/mol. The molecule has 0 spiro atoms. The smallest absolute Gasteiger partial charge is 0.310 e. The molecule has 1 aliphatic heterocycles. The van der Waals surface area contributed by atoms with Crippen molar-refractivity contribution in [3.05, 3.63) is 22.4 Å². The second kappa shape index (κ2) is 5.72. The van der Waals surface area contributed by atoms with Gasteiger partial charge in [-0.2, -0.15) is 0 Å². The van der Waals surface area contributed by atoms with Gasteiger partial charge in [0.1, 0.15) is 6.04 Å². The standard InChI is InChI=1S/C15H18N2O4S/c18-11(9-15(14(20)21)4-2-5-15)17-7-6-16-13(19)12(17)10-3-1-8-22-10/h1,3,8,12H,2,4-7,9H2,(H,16,19)(H,20,21). The van der Waals surface area contributed by atoms with Gasteiger partial charge in [0.25, 0.3) is 0 Å². The van der Waals surface area contributed by atoms with Gasteiger partial charge in [-0.3, -0.25) is 14.4 Å². The maximum absolute atomic E-state index is 12.6. The van der Waals surface area contributed by atoms with E-state index < -0.39 is 17.4 Å². The Morgan fingerprint density at radius 3 is 2.77 bits per heavy atom. The quantitative estimate of drug-likeness (QED) is 0.877. The Hall–Kier alpha value is -1.89. The minimum absolute atomic E-state index is 0.0164. The molecule has 1 aromatic heterocycles. The number of nitrogens with zero attached hydrogens (tertiary/aromatic N) is 1. The highest BCUT2D eigenvalue weighted by atomic mass is 32.1. The molecule has 3 rings (SSSR count). The van der Waals surface area contributed by atoms with Crippen LogP contribution in [0.2, 0.25) is 0 Å². The molecule has 0 radical (unpaired) electrons. The van der Waals surface area contributed by atoms with E-state index in [1.54, 1.807) is 0 Å². The van der Waals surface area contributed by atoms with Crippen LogP contribution in [-0.4, -0.2) is 40.9 Å². The van der Waals surface area contributed by atoms with E-state index in [1.807, 2.05) is 17.5 Å². The molecule has 2 fully saturated rings. The number of hydrogen-bond donors (Lipinski definition) is 2. The molecule has 22 heavy (non-hydrogen) atoms. The molecule has 0 aromatic carbocycles. The summed E-state index contributed by atoms with van der Waals surface area (Å²) in [7, 11) is 0. The number of piperazine rings is 1. The summed E-state index contributed by atoms with van der Waals surface area (Å²) in [5.74, 6) is -1.34. The van der Waals surface area contributed by atoms with Gasteiger partial charge in [-0.15, -0.1) is 11.3 Å². The summed E-state index contributed by atoms with van der Waals surface area (Å²) >= 11 is 1.43. The normalized spacial score (nSPS) is 23.5. The lowest BCUT2D eigenvalue weighted by Crippen LogP contribution is -2.53.